The standard InChI is InChI=1S/C22H23N3O3/c26-21(23-15-7-8-15)14-6-9-18-17(12-14)20-16(10-11-25(20)22(27)28)19(24-18)13-4-2-1-3-5-13/h1-6,9,12,15-16,19-20,24H,7-8,10-11H2,(H,23,26)(H,27,28). The fraction of sp³-hybridized carbons (Fsp3) is 0.364. The Balaban J connectivity index is 1.55. The number of hydrogen-bond donors (Lipinski definition) is 3. The molecule has 6 nitrogen and oxygen atoms in total. The van der Waals surface area contributed by atoms with Crippen LogP contribution in [0, 0.1) is 5.92 Å². The second-order valence-corrected chi connectivity index (χ2v) is 7.96. The maximum Gasteiger partial charge on any atom is 0.407 e. The summed E-state index contributed by atoms with van der Waals surface area (Å²) in [5.41, 5.74) is 3.57. The number of benzene rings is 2. The highest BCUT2D eigenvalue weighted by atomic mass is 16.4. The second-order valence-electron chi connectivity index (χ2n) is 7.96. The fourth-order valence-electron chi connectivity index (χ4n) is 4.62. The summed E-state index contributed by atoms with van der Waals surface area (Å²) in [6.07, 6.45) is 1.96. The number of carbonyl (C=O) groups excluding carboxylic acids is 1. The van der Waals surface area contributed by atoms with E-state index in [1.54, 1.807) is 0 Å². The summed E-state index contributed by atoms with van der Waals surface area (Å²) < 4.78 is 0. The number of nitrogens with one attached hydrogen (secondary N) is 2. The molecule has 2 heterocycles. The number of likely N-dealkylation sites (tertiary alicyclic amines) is 1. The van der Waals surface area contributed by atoms with Crippen LogP contribution >= 0.6 is 0 Å². The minimum Gasteiger partial charge on any atom is -0.465 e. The molecule has 0 spiro atoms. The number of rotatable bonds is 3. The lowest BCUT2D eigenvalue weighted by Gasteiger charge is -2.39. The van der Waals surface area contributed by atoms with Gasteiger partial charge >= 0.3 is 6.09 Å². The van der Waals surface area contributed by atoms with Gasteiger partial charge in [0.05, 0.1) is 12.1 Å². The maximum atomic E-state index is 12.5. The SMILES string of the molecule is O=C(NC1CC1)c1ccc2c(c1)C1C(CCN1C(=O)O)C(c1ccccc1)N2. The van der Waals surface area contributed by atoms with E-state index in [4.69, 9.17) is 0 Å². The molecule has 3 aliphatic rings. The molecule has 0 aromatic heterocycles. The second kappa shape index (κ2) is 6.55. The van der Waals surface area contributed by atoms with E-state index < -0.39 is 6.09 Å². The summed E-state index contributed by atoms with van der Waals surface area (Å²) >= 11 is 0. The quantitative estimate of drug-likeness (QED) is 0.760. The molecule has 2 aromatic carbocycles. The van der Waals surface area contributed by atoms with Gasteiger partial charge in [0.15, 0.2) is 0 Å². The maximum absolute atomic E-state index is 12.5. The van der Waals surface area contributed by atoms with Crippen LogP contribution in [-0.4, -0.2) is 34.6 Å². The summed E-state index contributed by atoms with van der Waals surface area (Å²) in [6, 6.07) is 15.9. The van der Waals surface area contributed by atoms with Crippen molar-refractivity contribution < 1.29 is 14.7 Å². The van der Waals surface area contributed by atoms with Crippen molar-refractivity contribution in [1.29, 1.82) is 0 Å². The van der Waals surface area contributed by atoms with Gasteiger partial charge in [-0.3, -0.25) is 4.79 Å². The highest BCUT2D eigenvalue weighted by Gasteiger charge is 2.46. The molecule has 2 aliphatic heterocycles. The Labute approximate surface area is 163 Å². The summed E-state index contributed by atoms with van der Waals surface area (Å²) in [5, 5.41) is 16.4. The van der Waals surface area contributed by atoms with Crippen molar-refractivity contribution in [1.82, 2.24) is 10.2 Å². The van der Waals surface area contributed by atoms with Crippen LogP contribution in [0.3, 0.4) is 0 Å². The number of anilines is 1. The molecule has 3 unspecified atom stereocenters. The van der Waals surface area contributed by atoms with Gasteiger partial charge in [0, 0.05) is 29.8 Å². The average molecular weight is 377 g/mol. The van der Waals surface area contributed by atoms with Gasteiger partial charge in [-0.25, -0.2) is 4.79 Å². The lowest BCUT2D eigenvalue weighted by atomic mass is 9.79. The van der Waals surface area contributed by atoms with Gasteiger partial charge in [-0.15, -0.1) is 0 Å². The normalized spacial score (nSPS) is 25.4. The monoisotopic (exact) mass is 377 g/mol. The van der Waals surface area contributed by atoms with E-state index in [1.807, 2.05) is 36.4 Å². The first-order valence-electron chi connectivity index (χ1n) is 9.87. The van der Waals surface area contributed by atoms with Crippen LogP contribution in [0.2, 0.25) is 0 Å². The Bertz CT molecular complexity index is 926. The molecule has 3 N–H and O–H groups in total. The molecule has 2 amide bonds. The number of fused-ring (bicyclic) bond motifs is 3. The lowest BCUT2D eigenvalue weighted by Crippen LogP contribution is -2.37. The first-order valence-corrected chi connectivity index (χ1v) is 9.87. The molecule has 144 valence electrons. The largest absolute Gasteiger partial charge is 0.465 e. The van der Waals surface area contributed by atoms with Gasteiger partial charge in [-0.2, -0.15) is 0 Å². The average Bonchev–Trinajstić information content (AvgIpc) is 3.40. The highest BCUT2D eigenvalue weighted by molar-refractivity contribution is 5.95. The number of carboxylic acid groups (broad SMARTS) is 1. The third kappa shape index (κ3) is 2.89. The molecule has 1 saturated heterocycles. The summed E-state index contributed by atoms with van der Waals surface area (Å²) in [7, 11) is 0. The van der Waals surface area contributed by atoms with Crippen LogP contribution in [0.15, 0.2) is 48.5 Å². The number of hydrogen-bond acceptors (Lipinski definition) is 3. The van der Waals surface area contributed by atoms with E-state index in [1.165, 1.54) is 4.90 Å². The Kier molecular flexibility index (Phi) is 4.00. The predicted octanol–water partition coefficient (Wildman–Crippen LogP) is 3.79. The van der Waals surface area contributed by atoms with Crippen LogP contribution in [0.4, 0.5) is 10.5 Å². The molecule has 1 aliphatic carbocycles. The van der Waals surface area contributed by atoms with Gasteiger partial charge in [0.1, 0.15) is 0 Å². The van der Waals surface area contributed by atoms with Crippen molar-refractivity contribution in [3.8, 4) is 0 Å². The highest BCUT2D eigenvalue weighted by Crippen LogP contribution is 2.51. The van der Waals surface area contributed by atoms with Crippen LogP contribution in [0.25, 0.3) is 0 Å². The summed E-state index contributed by atoms with van der Waals surface area (Å²) in [6.45, 7) is 0.508. The molecule has 28 heavy (non-hydrogen) atoms. The zero-order valence-electron chi connectivity index (χ0n) is 15.5. The van der Waals surface area contributed by atoms with Crippen molar-refractivity contribution in [3.05, 3.63) is 65.2 Å². The van der Waals surface area contributed by atoms with Gasteiger partial charge in [0.25, 0.3) is 5.91 Å². The third-order valence-electron chi connectivity index (χ3n) is 6.13. The van der Waals surface area contributed by atoms with E-state index in [0.29, 0.717) is 18.2 Å². The molecule has 3 atom stereocenters. The van der Waals surface area contributed by atoms with Crippen LogP contribution in [0.1, 0.15) is 52.8 Å². The fourth-order valence-corrected chi connectivity index (χ4v) is 4.62. The van der Waals surface area contributed by atoms with Crippen molar-refractivity contribution in [3.63, 3.8) is 0 Å². The lowest BCUT2D eigenvalue weighted by molar-refractivity contribution is 0.0951. The van der Waals surface area contributed by atoms with Crippen LogP contribution in [0.5, 0.6) is 0 Å². The third-order valence-corrected chi connectivity index (χ3v) is 6.13. The predicted molar refractivity (Wildman–Crippen MR) is 105 cm³/mol. The van der Waals surface area contributed by atoms with E-state index in [0.717, 1.165) is 36.1 Å². The Morgan fingerprint density at radius 1 is 1.07 bits per heavy atom. The van der Waals surface area contributed by atoms with E-state index >= 15 is 0 Å². The van der Waals surface area contributed by atoms with Gasteiger partial charge in [0.2, 0.25) is 0 Å². The van der Waals surface area contributed by atoms with Gasteiger partial charge in [-0.1, -0.05) is 30.3 Å². The molecular weight excluding hydrogens is 354 g/mol. The summed E-state index contributed by atoms with van der Waals surface area (Å²) in [5.74, 6) is 0.0552. The number of nitrogens with zero attached hydrogens (tertiary/aromatic N) is 1. The topological polar surface area (TPSA) is 81.7 Å². The molecular formula is C22H23N3O3. The van der Waals surface area contributed by atoms with Crippen LogP contribution in [-0.2, 0) is 0 Å². The molecule has 0 bridgehead atoms. The molecule has 2 aromatic rings. The minimum atomic E-state index is -0.903. The first-order chi connectivity index (χ1) is 13.6. The van der Waals surface area contributed by atoms with Gasteiger partial charge in [-0.05, 0) is 48.6 Å². The van der Waals surface area contributed by atoms with Crippen molar-refractivity contribution in [2.45, 2.75) is 37.4 Å². The minimum absolute atomic E-state index is 0.0502. The van der Waals surface area contributed by atoms with Crippen LogP contribution < -0.4 is 10.6 Å². The molecule has 0 radical (unpaired) electrons. The molecule has 6 heteroatoms. The molecule has 1 saturated carbocycles. The molecule has 5 rings (SSSR count). The Morgan fingerprint density at radius 3 is 2.57 bits per heavy atom. The zero-order valence-corrected chi connectivity index (χ0v) is 15.5. The van der Waals surface area contributed by atoms with Crippen molar-refractivity contribution in [2.75, 3.05) is 11.9 Å². The van der Waals surface area contributed by atoms with Crippen molar-refractivity contribution >= 4 is 17.7 Å². The Morgan fingerprint density at radius 2 is 1.86 bits per heavy atom. The molecule has 2 fully saturated rings. The summed E-state index contributed by atoms with van der Waals surface area (Å²) in [4.78, 5) is 26.0. The number of amides is 2. The smallest absolute Gasteiger partial charge is 0.407 e. The van der Waals surface area contributed by atoms with Gasteiger partial charge < -0.3 is 20.6 Å². The zero-order chi connectivity index (χ0) is 19.3. The van der Waals surface area contributed by atoms with E-state index in [9.17, 15) is 14.7 Å². The Hall–Kier alpha value is -3.02. The number of carbonyl (C=O) groups is 2. The first kappa shape index (κ1) is 17.1. The van der Waals surface area contributed by atoms with E-state index in [2.05, 4.69) is 22.8 Å². The van der Waals surface area contributed by atoms with E-state index in [-0.39, 0.29) is 23.9 Å². The van der Waals surface area contributed by atoms with Crippen molar-refractivity contribution in [2.24, 2.45) is 5.92 Å².